The summed E-state index contributed by atoms with van der Waals surface area (Å²) in [7, 11) is 0. The molecule has 1 aliphatic rings. The summed E-state index contributed by atoms with van der Waals surface area (Å²) in [5.74, 6) is 0.0844. The number of hydrogen-bond acceptors (Lipinski definition) is 7. The van der Waals surface area contributed by atoms with Gasteiger partial charge in [-0.1, -0.05) is 57.0 Å². The molecule has 10 heteroatoms. The number of aromatic nitrogens is 4. The van der Waals surface area contributed by atoms with Gasteiger partial charge in [-0.3, -0.25) is 14.2 Å². The maximum Gasteiger partial charge on any atom is 0.339 e. The molecule has 4 aromatic rings. The van der Waals surface area contributed by atoms with Gasteiger partial charge in [0.1, 0.15) is 17.2 Å². The molecule has 44 heavy (non-hydrogen) atoms. The van der Waals surface area contributed by atoms with E-state index in [9.17, 15) is 14.9 Å². The van der Waals surface area contributed by atoms with Crippen LogP contribution in [0.2, 0.25) is 0 Å². The third-order valence-electron chi connectivity index (χ3n) is 8.86. The molecule has 2 heterocycles. The van der Waals surface area contributed by atoms with Crippen LogP contribution in [-0.2, 0) is 27.4 Å². The van der Waals surface area contributed by atoms with Gasteiger partial charge in [0.15, 0.2) is 0 Å². The predicted octanol–water partition coefficient (Wildman–Crippen LogP) is 6.43. The van der Waals surface area contributed by atoms with E-state index in [0.717, 1.165) is 18.5 Å². The van der Waals surface area contributed by atoms with Crippen molar-refractivity contribution in [2.75, 3.05) is 0 Å². The quantitative estimate of drug-likeness (QED) is 0.161. The molecule has 1 unspecified atom stereocenters. The van der Waals surface area contributed by atoms with Crippen molar-refractivity contribution in [1.82, 2.24) is 19.2 Å². The molecule has 0 N–H and O–H groups in total. The summed E-state index contributed by atoms with van der Waals surface area (Å²) in [6.45, 7) is 9.13. The van der Waals surface area contributed by atoms with Gasteiger partial charge < -0.3 is 0 Å². The van der Waals surface area contributed by atoms with E-state index in [1.165, 1.54) is 13.0 Å². The minimum atomic E-state index is -0.680. The Bertz CT molecular complexity index is 1810. The molecule has 3 atom stereocenters. The first kappa shape index (κ1) is 31.1. The van der Waals surface area contributed by atoms with E-state index in [2.05, 4.69) is 23.1 Å². The molecular formula is C34H38FN5O4. The fraction of sp³-hybridized carbons (Fsp3) is 0.441. The van der Waals surface area contributed by atoms with E-state index in [1.807, 2.05) is 19.9 Å². The molecule has 0 bridgehead atoms. The van der Waals surface area contributed by atoms with Gasteiger partial charge in [0.05, 0.1) is 17.3 Å². The topological polar surface area (TPSA) is 112 Å². The van der Waals surface area contributed by atoms with Crippen LogP contribution in [0.4, 0.5) is 4.39 Å². The molecular weight excluding hydrogens is 561 g/mol. The summed E-state index contributed by atoms with van der Waals surface area (Å²) >= 11 is 0. The lowest BCUT2D eigenvalue weighted by Crippen LogP contribution is -2.45. The predicted molar refractivity (Wildman–Crippen MR) is 163 cm³/mol. The molecule has 0 spiro atoms. The molecule has 5 rings (SSSR count). The number of carbonyl (C=O) groups is 1. The van der Waals surface area contributed by atoms with Crippen molar-refractivity contribution >= 4 is 11.7 Å². The van der Waals surface area contributed by atoms with Crippen molar-refractivity contribution in [3.63, 3.8) is 0 Å². The lowest BCUT2D eigenvalue weighted by atomic mass is 9.73. The van der Waals surface area contributed by atoms with Gasteiger partial charge in [-0.05, 0) is 74.3 Å². The average molecular weight is 600 g/mol. The lowest BCUT2D eigenvalue weighted by molar-refractivity contribution is -0.346. The van der Waals surface area contributed by atoms with Gasteiger partial charge in [-0.25, -0.2) is 13.7 Å². The number of halogens is 1. The van der Waals surface area contributed by atoms with Crippen molar-refractivity contribution in [2.24, 2.45) is 5.92 Å². The summed E-state index contributed by atoms with van der Waals surface area (Å²) in [5, 5.41) is 14.2. The fourth-order valence-electron chi connectivity index (χ4n) is 6.56. The zero-order valence-electron chi connectivity index (χ0n) is 25.9. The molecule has 2 aromatic heterocycles. The highest BCUT2D eigenvalue weighted by Gasteiger charge is 2.43. The minimum absolute atomic E-state index is 0.0108. The first-order valence-corrected chi connectivity index (χ1v) is 15.2. The Kier molecular flexibility index (Phi) is 8.97. The number of rotatable bonds is 9. The molecule has 2 aromatic carbocycles. The number of hydrogen-bond donors (Lipinski definition) is 0. The van der Waals surface area contributed by atoms with Crippen LogP contribution in [-0.4, -0.2) is 30.7 Å². The molecule has 0 saturated heterocycles. The van der Waals surface area contributed by atoms with Crippen molar-refractivity contribution in [2.45, 2.75) is 91.2 Å². The Morgan fingerprint density at radius 1 is 1.23 bits per heavy atom. The van der Waals surface area contributed by atoms with Gasteiger partial charge in [0.25, 0.3) is 5.56 Å². The molecule has 0 radical (unpaired) electrons. The molecule has 1 aliphatic carbocycles. The van der Waals surface area contributed by atoms with Crippen LogP contribution in [0.25, 0.3) is 16.9 Å². The number of nitriles is 1. The highest BCUT2D eigenvalue weighted by molar-refractivity contribution is 5.70. The van der Waals surface area contributed by atoms with E-state index >= 15 is 4.39 Å². The van der Waals surface area contributed by atoms with Crippen LogP contribution >= 0.6 is 0 Å². The fourth-order valence-corrected chi connectivity index (χ4v) is 6.56. The lowest BCUT2D eigenvalue weighted by Gasteiger charge is -2.42. The van der Waals surface area contributed by atoms with Gasteiger partial charge in [-0.2, -0.15) is 20.2 Å². The SMILES string of the molecule is CCCc1c(Cc2ccc(-c3ccccc3C#N)cc2F)c(=O)n([C@@H]2CC[C@@](C)(OOC(C)=O)C(CC)C2)c2nc(C)nn12. The second kappa shape index (κ2) is 12.7. The van der Waals surface area contributed by atoms with E-state index in [-0.39, 0.29) is 23.9 Å². The van der Waals surface area contributed by atoms with Gasteiger partial charge in [-0.15, -0.1) is 0 Å². The van der Waals surface area contributed by atoms with E-state index in [1.54, 1.807) is 46.3 Å². The number of carbonyl (C=O) groups excluding carboxylic acids is 1. The Labute approximate surface area is 256 Å². The summed E-state index contributed by atoms with van der Waals surface area (Å²) in [4.78, 5) is 41.2. The molecule has 1 fully saturated rings. The van der Waals surface area contributed by atoms with Gasteiger partial charge in [0, 0.05) is 24.9 Å². The normalized spacial score (nSPS) is 20.0. The highest BCUT2D eigenvalue weighted by Crippen LogP contribution is 2.43. The molecule has 9 nitrogen and oxygen atoms in total. The number of benzene rings is 2. The van der Waals surface area contributed by atoms with Gasteiger partial charge in [0.2, 0.25) is 5.78 Å². The Morgan fingerprint density at radius 3 is 2.68 bits per heavy atom. The second-order valence-corrected chi connectivity index (χ2v) is 11.9. The smallest absolute Gasteiger partial charge is 0.298 e. The monoisotopic (exact) mass is 599 g/mol. The number of aryl methyl sites for hydroxylation is 2. The van der Waals surface area contributed by atoms with E-state index < -0.39 is 17.4 Å². The summed E-state index contributed by atoms with van der Waals surface area (Å²) in [6.07, 6.45) is 3.99. The van der Waals surface area contributed by atoms with Crippen molar-refractivity contribution < 1.29 is 19.0 Å². The van der Waals surface area contributed by atoms with Crippen LogP contribution in [0.3, 0.4) is 0 Å². The molecule has 0 amide bonds. The standard InChI is InChI=1S/C34H38FN5O4/c1-6-10-31-29(17-24-14-13-23(18-30(24)35)28-12-9-8-11-25(28)20-36)32(42)39(33-37-21(3)38-40(31)33)27-15-16-34(5,26(7-2)19-27)44-43-22(4)41/h8-9,11-14,18,26-27H,6-7,10,15-17,19H2,1-5H3/t26?,27-,34-/m1/s1. The van der Waals surface area contributed by atoms with Crippen LogP contribution in [0.15, 0.2) is 47.3 Å². The largest absolute Gasteiger partial charge is 0.339 e. The maximum absolute atomic E-state index is 15.7. The zero-order chi connectivity index (χ0) is 31.6. The first-order valence-electron chi connectivity index (χ1n) is 15.2. The van der Waals surface area contributed by atoms with Gasteiger partial charge >= 0.3 is 5.97 Å². The Balaban J connectivity index is 1.58. The number of nitrogens with zero attached hydrogens (tertiary/aromatic N) is 5. The second-order valence-electron chi connectivity index (χ2n) is 11.9. The average Bonchev–Trinajstić information content (AvgIpc) is 3.40. The van der Waals surface area contributed by atoms with E-state index in [4.69, 9.17) is 9.78 Å². The van der Waals surface area contributed by atoms with Crippen LogP contribution < -0.4 is 5.56 Å². The molecule has 1 saturated carbocycles. The Hall–Kier alpha value is -4.36. The Morgan fingerprint density at radius 2 is 2.00 bits per heavy atom. The van der Waals surface area contributed by atoms with Crippen LogP contribution in [0, 0.1) is 30.0 Å². The molecule has 0 aliphatic heterocycles. The third-order valence-corrected chi connectivity index (χ3v) is 8.86. The van der Waals surface area contributed by atoms with Crippen molar-refractivity contribution in [3.05, 3.63) is 86.8 Å². The number of fused-ring (bicyclic) bond motifs is 1. The summed E-state index contributed by atoms with van der Waals surface area (Å²) in [6, 6.07) is 14.0. The summed E-state index contributed by atoms with van der Waals surface area (Å²) in [5.41, 5.74) is 2.45. The maximum atomic E-state index is 15.7. The molecule has 230 valence electrons. The summed E-state index contributed by atoms with van der Waals surface area (Å²) < 4.78 is 19.2. The van der Waals surface area contributed by atoms with Crippen LogP contribution in [0.1, 0.15) is 94.0 Å². The minimum Gasteiger partial charge on any atom is -0.298 e. The van der Waals surface area contributed by atoms with Crippen molar-refractivity contribution in [3.8, 4) is 17.2 Å². The van der Waals surface area contributed by atoms with Crippen LogP contribution in [0.5, 0.6) is 0 Å². The zero-order valence-corrected chi connectivity index (χ0v) is 25.9. The van der Waals surface area contributed by atoms with Crippen molar-refractivity contribution in [1.29, 1.82) is 5.26 Å². The third kappa shape index (κ3) is 5.89. The first-order chi connectivity index (χ1) is 21.1. The highest BCUT2D eigenvalue weighted by atomic mass is 19.1. The van der Waals surface area contributed by atoms with E-state index in [0.29, 0.717) is 65.1 Å².